The molecule has 3 rings (SSSR count). The van der Waals surface area contributed by atoms with Gasteiger partial charge in [-0.1, -0.05) is 12.8 Å². The molecule has 0 heterocycles. The average Bonchev–Trinajstić information content (AvgIpc) is 3.03. The van der Waals surface area contributed by atoms with Gasteiger partial charge in [0.2, 0.25) is 23.6 Å². The Balaban J connectivity index is 1.64. The molecule has 2 aromatic carbocycles. The SMILES string of the molecule is C[C@@H](NC(=O)C(N)CCCCN)C(=O)Nc1ccc2c(c1)C(=O)c1ccc(NC(=O)[C@@H](C)NC(=O)C(N)CCCCN)cc1C2=O. The van der Waals surface area contributed by atoms with Crippen molar-refractivity contribution < 1.29 is 28.8 Å². The highest BCUT2D eigenvalue weighted by atomic mass is 16.2. The molecule has 0 aromatic heterocycles. The summed E-state index contributed by atoms with van der Waals surface area (Å²) in [5.41, 5.74) is 23.7. The highest BCUT2D eigenvalue weighted by Gasteiger charge is 2.31. The zero-order chi connectivity index (χ0) is 34.0. The third-order valence-corrected chi connectivity index (χ3v) is 7.67. The van der Waals surface area contributed by atoms with Gasteiger partial charge in [0.1, 0.15) is 12.1 Å². The van der Waals surface area contributed by atoms with Crippen molar-refractivity contribution in [2.24, 2.45) is 22.9 Å². The fourth-order valence-corrected chi connectivity index (χ4v) is 4.86. The molecule has 14 heteroatoms. The van der Waals surface area contributed by atoms with Crippen molar-refractivity contribution in [2.45, 2.75) is 76.5 Å². The van der Waals surface area contributed by atoms with Crippen molar-refractivity contribution in [3.05, 3.63) is 58.7 Å². The van der Waals surface area contributed by atoms with Crippen molar-refractivity contribution in [1.82, 2.24) is 10.6 Å². The molecule has 4 amide bonds. The molecule has 0 saturated heterocycles. The number of benzene rings is 2. The summed E-state index contributed by atoms with van der Waals surface area (Å²) in [4.78, 5) is 77.0. The van der Waals surface area contributed by atoms with Gasteiger partial charge in [-0.3, -0.25) is 28.8 Å². The van der Waals surface area contributed by atoms with Crippen molar-refractivity contribution in [3.63, 3.8) is 0 Å². The number of nitrogens with one attached hydrogen (secondary N) is 4. The normalized spacial score (nSPS) is 14.7. The Hall–Kier alpha value is -4.50. The van der Waals surface area contributed by atoms with Crippen LogP contribution in [0.4, 0.5) is 11.4 Å². The van der Waals surface area contributed by atoms with Crippen LogP contribution in [0.25, 0.3) is 0 Å². The van der Waals surface area contributed by atoms with Crippen LogP contribution in [-0.2, 0) is 19.2 Å². The lowest BCUT2D eigenvalue weighted by Gasteiger charge is -2.21. The highest BCUT2D eigenvalue weighted by molar-refractivity contribution is 6.29. The standard InChI is InChI=1S/C32H44N8O6/c1-17(37-31(45)25(35)7-3-5-13-33)29(43)39-19-9-11-21-23(15-19)27(41)22-12-10-20(16-24(22)28(21)42)40-30(44)18(2)38-32(46)26(36)8-4-6-14-34/h9-12,15-18,25-26H,3-8,13-14,33-36H2,1-2H3,(H,37,45)(H,38,46)(H,39,43)(H,40,44)/t17-,18-,25?,26?/m1/s1. The minimum absolute atomic E-state index is 0.102. The summed E-state index contributed by atoms with van der Waals surface area (Å²) < 4.78 is 0. The number of hydrogen-bond acceptors (Lipinski definition) is 10. The van der Waals surface area contributed by atoms with Crippen molar-refractivity contribution in [1.29, 1.82) is 0 Å². The Morgan fingerprint density at radius 1 is 0.587 bits per heavy atom. The molecular formula is C32H44N8O6. The van der Waals surface area contributed by atoms with E-state index in [0.29, 0.717) is 38.8 Å². The zero-order valence-corrected chi connectivity index (χ0v) is 26.2. The average molecular weight is 637 g/mol. The van der Waals surface area contributed by atoms with Crippen LogP contribution in [0.15, 0.2) is 36.4 Å². The first-order chi connectivity index (χ1) is 21.9. The molecular weight excluding hydrogens is 592 g/mol. The van der Waals surface area contributed by atoms with Gasteiger partial charge in [-0.25, -0.2) is 0 Å². The maximum Gasteiger partial charge on any atom is 0.246 e. The van der Waals surface area contributed by atoms with Crippen LogP contribution in [0.5, 0.6) is 0 Å². The first-order valence-corrected chi connectivity index (χ1v) is 15.4. The van der Waals surface area contributed by atoms with Gasteiger partial charge in [0, 0.05) is 33.6 Å². The number of rotatable bonds is 16. The fourth-order valence-electron chi connectivity index (χ4n) is 4.86. The lowest BCUT2D eigenvalue weighted by atomic mass is 9.83. The predicted octanol–water partition coefficient (Wildman–Crippen LogP) is 0.261. The first-order valence-electron chi connectivity index (χ1n) is 15.4. The highest BCUT2D eigenvalue weighted by Crippen LogP contribution is 2.31. The molecule has 248 valence electrons. The number of amides is 4. The molecule has 0 saturated carbocycles. The van der Waals surface area contributed by atoms with Crippen LogP contribution < -0.4 is 44.2 Å². The number of nitrogens with two attached hydrogens (primary N) is 4. The summed E-state index contributed by atoms with van der Waals surface area (Å²) in [6.07, 6.45) is 3.75. The van der Waals surface area contributed by atoms with E-state index in [2.05, 4.69) is 21.3 Å². The van der Waals surface area contributed by atoms with Gasteiger partial charge in [-0.15, -0.1) is 0 Å². The predicted molar refractivity (Wildman–Crippen MR) is 174 cm³/mol. The summed E-state index contributed by atoms with van der Waals surface area (Å²) >= 11 is 0. The van der Waals surface area contributed by atoms with Gasteiger partial charge >= 0.3 is 0 Å². The third kappa shape index (κ3) is 9.26. The van der Waals surface area contributed by atoms with Crippen LogP contribution >= 0.6 is 0 Å². The molecule has 1 aliphatic rings. The maximum atomic E-state index is 13.4. The molecule has 2 unspecified atom stereocenters. The Morgan fingerprint density at radius 3 is 1.30 bits per heavy atom. The summed E-state index contributed by atoms with van der Waals surface area (Å²) in [6, 6.07) is 5.28. The number of unbranched alkanes of at least 4 members (excludes halogenated alkanes) is 2. The Kier molecular flexibility index (Phi) is 13.1. The molecule has 1 aliphatic carbocycles. The molecule has 14 nitrogen and oxygen atoms in total. The van der Waals surface area contributed by atoms with Crippen LogP contribution in [0.3, 0.4) is 0 Å². The van der Waals surface area contributed by atoms with Crippen molar-refractivity contribution in [3.8, 4) is 0 Å². The summed E-state index contributed by atoms with van der Waals surface area (Å²) in [7, 11) is 0. The number of carbonyl (C=O) groups is 6. The number of ketones is 2. The monoisotopic (exact) mass is 636 g/mol. The van der Waals surface area contributed by atoms with E-state index in [0.717, 1.165) is 12.8 Å². The quantitative estimate of drug-likeness (QED) is 0.0995. The van der Waals surface area contributed by atoms with E-state index in [4.69, 9.17) is 22.9 Å². The minimum Gasteiger partial charge on any atom is -0.343 e. The summed E-state index contributed by atoms with van der Waals surface area (Å²) in [5.74, 6) is -2.86. The van der Waals surface area contributed by atoms with Gasteiger partial charge in [0.15, 0.2) is 11.6 Å². The number of hydrogen-bond donors (Lipinski definition) is 8. The van der Waals surface area contributed by atoms with E-state index in [1.807, 2.05) is 0 Å². The minimum atomic E-state index is -0.912. The van der Waals surface area contributed by atoms with Crippen LogP contribution in [0.1, 0.15) is 84.2 Å². The molecule has 0 fully saturated rings. The van der Waals surface area contributed by atoms with Gasteiger partial charge in [0.05, 0.1) is 12.1 Å². The van der Waals surface area contributed by atoms with Crippen molar-refractivity contribution >= 4 is 46.6 Å². The second-order valence-corrected chi connectivity index (χ2v) is 11.4. The van der Waals surface area contributed by atoms with Gasteiger partial charge in [0.25, 0.3) is 0 Å². The molecule has 0 spiro atoms. The topological polar surface area (TPSA) is 255 Å². The van der Waals surface area contributed by atoms with E-state index in [1.54, 1.807) is 0 Å². The smallest absolute Gasteiger partial charge is 0.246 e. The zero-order valence-electron chi connectivity index (χ0n) is 26.2. The van der Waals surface area contributed by atoms with Crippen LogP contribution in [-0.4, -0.2) is 72.5 Å². The molecule has 0 radical (unpaired) electrons. The Bertz CT molecular complexity index is 1370. The van der Waals surface area contributed by atoms with Gasteiger partial charge < -0.3 is 44.2 Å². The fraction of sp³-hybridized carbons (Fsp3) is 0.438. The van der Waals surface area contributed by atoms with Crippen molar-refractivity contribution in [2.75, 3.05) is 23.7 Å². The number of fused-ring (bicyclic) bond motifs is 2. The Labute approximate surface area is 267 Å². The molecule has 12 N–H and O–H groups in total. The maximum absolute atomic E-state index is 13.4. The number of carbonyl (C=O) groups excluding carboxylic acids is 6. The first kappa shape index (κ1) is 36.0. The molecule has 4 atom stereocenters. The third-order valence-electron chi connectivity index (χ3n) is 7.67. The lowest BCUT2D eigenvalue weighted by molar-refractivity contribution is -0.127. The van der Waals surface area contributed by atoms with Crippen LogP contribution in [0.2, 0.25) is 0 Å². The van der Waals surface area contributed by atoms with E-state index >= 15 is 0 Å². The van der Waals surface area contributed by atoms with E-state index < -0.39 is 59.4 Å². The molecule has 46 heavy (non-hydrogen) atoms. The molecule has 0 bridgehead atoms. The number of anilines is 2. The van der Waals surface area contributed by atoms with E-state index in [9.17, 15) is 28.8 Å². The summed E-state index contributed by atoms with van der Waals surface area (Å²) in [6.45, 7) is 4.02. The lowest BCUT2D eigenvalue weighted by Crippen LogP contribution is -2.48. The van der Waals surface area contributed by atoms with Gasteiger partial charge in [-0.05, 0) is 89.0 Å². The van der Waals surface area contributed by atoms with Crippen LogP contribution in [0, 0.1) is 0 Å². The second kappa shape index (κ2) is 16.7. The molecule has 2 aromatic rings. The summed E-state index contributed by atoms with van der Waals surface area (Å²) in [5, 5.41) is 10.5. The Morgan fingerprint density at radius 2 is 0.957 bits per heavy atom. The van der Waals surface area contributed by atoms with E-state index in [1.165, 1.54) is 50.2 Å². The second-order valence-electron chi connectivity index (χ2n) is 11.4. The van der Waals surface area contributed by atoms with Gasteiger partial charge in [-0.2, -0.15) is 0 Å². The largest absolute Gasteiger partial charge is 0.343 e. The molecule has 0 aliphatic heterocycles. The van der Waals surface area contributed by atoms with E-state index in [-0.39, 0.29) is 33.6 Å².